The molecule has 4 heteroatoms. The quantitative estimate of drug-likeness (QED) is 0.0813. The Bertz CT molecular complexity index is 344. The van der Waals surface area contributed by atoms with Gasteiger partial charge in [-0.25, -0.2) is 0 Å². The molecule has 0 aromatic heterocycles. The first-order chi connectivity index (χ1) is 12.8. The molecule has 27 heavy (non-hydrogen) atoms. The molecule has 0 saturated heterocycles. The van der Waals surface area contributed by atoms with Crippen LogP contribution in [0.25, 0.3) is 0 Å². The summed E-state index contributed by atoms with van der Waals surface area (Å²) in [4.78, 5) is 0. The van der Waals surface area contributed by atoms with E-state index in [-0.39, 0.29) is 0 Å². The van der Waals surface area contributed by atoms with Crippen molar-refractivity contribution in [2.45, 2.75) is 116 Å². The first kappa shape index (κ1) is 27.7. The Morgan fingerprint density at radius 3 is 1.78 bits per heavy atom. The number of allylic oxidation sites excluding steroid dienone is 1. The summed E-state index contributed by atoms with van der Waals surface area (Å²) in [5, 5.41) is 0. The molecule has 0 heterocycles. The predicted molar refractivity (Wildman–Crippen MR) is 128 cm³/mol. The standard InChI is InChI=1S/C11H23O2Si.3C4H9.Sn/c1-5-6-7-8-12-11-13-9-10-14(2,3)4;3*1-3-4-2;/h6-8H,5,9-11H2,1-4H3;3*1,3-4H2,2H3;/b7-6+;;;;. The van der Waals surface area contributed by atoms with Crippen molar-refractivity contribution in [3.8, 4) is 0 Å². The molecule has 0 amide bonds. The molecule has 0 N–H and O–H groups in total. The van der Waals surface area contributed by atoms with Gasteiger partial charge in [0.05, 0.1) is 0 Å². The fourth-order valence-electron chi connectivity index (χ4n) is 3.64. The molecule has 0 spiro atoms. The van der Waals surface area contributed by atoms with Gasteiger partial charge in [-0.15, -0.1) is 0 Å². The van der Waals surface area contributed by atoms with Gasteiger partial charge in [-0.1, -0.05) is 0 Å². The second-order valence-corrected chi connectivity index (χ2v) is 28.7. The van der Waals surface area contributed by atoms with E-state index in [4.69, 9.17) is 9.47 Å². The summed E-state index contributed by atoms with van der Waals surface area (Å²) >= 11 is -2.41. The van der Waals surface area contributed by atoms with E-state index in [9.17, 15) is 0 Å². The van der Waals surface area contributed by atoms with Crippen LogP contribution in [0.2, 0.25) is 39.0 Å². The molecule has 2 nitrogen and oxygen atoms in total. The molecular weight excluding hydrogens is 455 g/mol. The fraction of sp³-hybridized carbons (Fsp3) is 0.913. The molecular formula is C23H50O2SiSn. The van der Waals surface area contributed by atoms with Crippen LogP contribution in [0.15, 0.2) is 12.2 Å². The van der Waals surface area contributed by atoms with Crippen LogP contribution in [0.3, 0.4) is 0 Å². The van der Waals surface area contributed by atoms with E-state index in [0.29, 0.717) is 10.9 Å². The summed E-state index contributed by atoms with van der Waals surface area (Å²) in [6.07, 6.45) is 14.0. The molecule has 0 aliphatic rings. The van der Waals surface area contributed by atoms with E-state index in [2.05, 4.69) is 59.5 Å². The third-order valence-corrected chi connectivity index (χ3v) is 23.3. The van der Waals surface area contributed by atoms with Gasteiger partial charge in [0.2, 0.25) is 0 Å². The Morgan fingerprint density at radius 2 is 1.37 bits per heavy atom. The molecule has 0 rings (SSSR count). The van der Waals surface area contributed by atoms with Gasteiger partial charge in [0.15, 0.2) is 0 Å². The zero-order valence-electron chi connectivity index (χ0n) is 19.7. The van der Waals surface area contributed by atoms with Crippen molar-refractivity contribution in [3.63, 3.8) is 0 Å². The predicted octanol–water partition coefficient (Wildman–Crippen LogP) is 8.04. The third kappa shape index (κ3) is 13.5. The fourth-order valence-corrected chi connectivity index (χ4v) is 20.8. The molecule has 162 valence electrons. The normalized spacial score (nSPS) is 14.2. The van der Waals surface area contributed by atoms with Gasteiger partial charge < -0.3 is 0 Å². The second-order valence-electron chi connectivity index (χ2n) is 9.43. The van der Waals surface area contributed by atoms with Crippen LogP contribution in [0.4, 0.5) is 0 Å². The monoisotopic (exact) mass is 506 g/mol. The van der Waals surface area contributed by atoms with Gasteiger partial charge in [-0.05, 0) is 0 Å². The topological polar surface area (TPSA) is 18.5 Å². The number of rotatable bonds is 18. The Labute approximate surface area is 176 Å². The van der Waals surface area contributed by atoms with Crippen molar-refractivity contribution in [2.75, 3.05) is 13.4 Å². The van der Waals surface area contributed by atoms with Crippen molar-refractivity contribution in [1.82, 2.24) is 0 Å². The van der Waals surface area contributed by atoms with Crippen LogP contribution in [0.5, 0.6) is 0 Å². The third-order valence-electron chi connectivity index (χ3n) is 5.56. The van der Waals surface area contributed by atoms with E-state index in [1.54, 1.807) is 0 Å². The van der Waals surface area contributed by atoms with Crippen LogP contribution in [-0.2, 0) is 9.47 Å². The first-order valence-corrected chi connectivity index (χ1v) is 23.1. The van der Waals surface area contributed by atoms with Crippen LogP contribution in [0.1, 0.15) is 72.6 Å². The molecule has 0 radical (unpaired) electrons. The summed E-state index contributed by atoms with van der Waals surface area (Å²) in [5.41, 5.74) is 0. The van der Waals surface area contributed by atoms with E-state index in [1.165, 1.54) is 57.9 Å². The van der Waals surface area contributed by atoms with E-state index in [1.807, 2.05) is 0 Å². The van der Waals surface area contributed by atoms with E-state index in [0.717, 1.165) is 13.0 Å². The molecule has 0 aromatic carbocycles. The maximum absolute atomic E-state index is 6.52. The molecule has 0 saturated carbocycles. The molecule has 0 aliphatic carbocycles. The number of ether oxygens (including phenoxy) is 2. The van der Waals surface area contributed by atoms with Crippen molar-refractivity contribution < 1.29 is 9.47 Å². The van der Waals surface area contributed by atoms with Gasteiger partial charge in [-0.3, -0.25) is 0 Å². The molecule has 0 aromatic rings. The van der Waals surface area contributed by atoms with E-state index >= 15 is 0 Å². The zero-order valence-corrected chi connectivity index (χ0v) is 23.6. The van der Waals surface area contributed by atoms with Gasteiger partial charge in [0.1, 0.15) is 0 Å². The van der Waals surface area contributed by atoms with Crippen molar-refractivity contribution >= 4 is 26.5 Å². The SMILES string of the molecule is CC/C=C/[C@@H](OCOCC[Si](C)(C)C)[Sn]([CH2]CCC)([CH2]CCC)[CH2]CCC. The van der Waals surface area contributed by atoms with Gasteiger partial charge >= 0.3 is 177 Å². The Hall–Kier alpha value is 0.676. The van der Waals surface area contributed by atoms with Crippen molar-refractivity contribution in [2.24, 2.45) is 0 Å². The van der Waals surface area contributed by atoms with Gasteiger partial charge in [0.25, 0.3) is 0 Å². The van der Waals surface area contributed by atoms with Crippen molar-refractivity contribution in [3.05, 3.63) is 12.2 Å². The molecule has 0 aliphatic heterocycles. The van der Waals surface area contributed by atoms with Gasteiger partial charge in [0, 0.05) is 0 Å². The zero-order chi connectivity index (χ0) is 20.6. The molecule has 1 atom stereocenters. The average Bonchev–Trinajstić information content (AvgIpc) is 2.63. The summed E-state index contributed by atoms with van der Waals surface area (Å²) in [6.45, 7) is 17.8. The Kier molecular flexibility index (Phi) is 16.9. The maximum atomic E-state index is 6.52. The number of hydrogen-bond acceptors (Lipinski definition) is 2. The minimum absolute atomic E-state index is 0.399. The van der Waals surface area contributed by atoms with Crippen molar-refractivity contribution in [1.29, 1.82) is 0 Å². The minimum atomic E-state index is -2.41. The van der Waals surface area contributed by atoms with Crippen LogP contribution < -0.4 is 0 Å². The molecule has 0 unspecified atom stereocenters. The summed E-state index contributed by atoms with van der Waals surface area (Å²) in [6, 6.07) is 1.22. The Balaban J connectivity index is 5.15. The van der Waals surface area contributed by atoms with Crippen LogP contribution in [0, 0.1) is 0 Å². The molecule has 0 bridgehead atoms. The summed E-state index contributed by atoms with van der Waals surface area (Å²) in [7, 11) is -1.03. The summed E-state index contributed by atoms with van der Waals surface area (Å²) < 4.78 is 17.3. The second kappa shape index (κ2) is 16.5. The number of unbranched alkanes of at least 4 members (excludes halogenated alkanes) is 3. The Morgan fingerprint density at radius 1 is 0.852 bits per heavy atom. The van der Waals surface area contributed by atoms with E-state index < -0.39 is 26.5 Å². The van der Waals surface area contributed by atoms with Crippen LogP contribution >= 0.6 is 0 Å². The molecule has 0 fully saturated rings. The average molecular weight is 505 g/mol. The first-order valence-electron chi connectivity index (χ1n) is 11.7. The van der Waals surface area contributed by atoms with Crippen LogP contribution in [-0.4, -0.2) is 44.0 Å². The van der Waals surface area contributed by atoms with Gasteiger partial charge in [-0.2, -0.15) is 0 Å². The number of hydrogen-bond donors (Lipinski definition) is 0. The summed E-state index contributed by atoms with van der Waals surface area (Å²) in [5.74, 6) is 0.